The van der Waals surface area contributed by atoms with Gasteiger partial charge < -0.3 is 0 Å². The molecule has 0 atom stereocenters. The lowest BCUT2D eigenvalue weighted by Crippen LogP contribution is -1.71. The van der Waals surface area contributed by atoms with Crippen LogP contribution in [0.4, 0.5) is 0 Å². The van der Waals surface area contributed by atoms with Gasteiger partial charge in [0.25, 0.3) is 0 Å². The van der Waals surface area contributed by atoms with Gasteiger partial charge >= 0.3 is 0 Å². The van der Waals surface area contributed by atoms with Gasteiger partial charge in [0.15, 0.2) is 6.54 Å². The van der Waals surface area contributed by atoms with Crippen LogP contribution in [-0.2, 0) is 0 Å². The fraction of sp³-hybridized carbons (Fsp3) is 0. The van der Waals surface area contributed by atoms with E-state index in [-0.39, 0.29) is 0 Å². The minimum Gasteiger partial charge on any atom is -0.276 e. The first-order valence-electron chi connectivity index (χ1n) is 3.00. The van der Waals surface area contributed by atoms with Crippen molar-refractivity contribution < 1.29 is 0 Å². The van der Waals surface area contributed by atoms with Crippen LogP contribution in [0.25, 0.3) is 5.57 Å². The van der Waals surface area contributed by atoms with Crippen molar-refractivity contribution in [3.63, 3.8) is 0 Å². The van der Waals surface area contributed by atoms with Gasteiger partial charge in [0.05, 0.1) is 0 Å². The summed E-state index contributed by atoms with van der Waals surface area (Å²) in [6, 6.07) is 4.10. The van der Waals surface area contributed by atoms with Gasteiger partial charge in [-0.15, -0.1) is 11.3 Å². The Morgan fingerprint density at radius 3 is 3.10 bits per heavy atom. The molecule has 0 aliphatic carbocycles. The van der Waals surface area contributed by atoms with E-state index in [2.05, 4.69) is 23.0 Å². The Hall–Kier alpha value is -0.890. The minimum absolute atomic E-state index is 1.09. The maximum Gasteiger partial charge on any atom is 0.151 e. The molecule has 1 aromatic heterocycles. The Bertz CT molecular complexity index is 269. The third kappa shape index (κ3) is 0.907. The van der Waals surface area contributed by atoms with E-state index in [4.69, 9.17) is 0 Å². The molecule has 0 saturated carbocycles. The molecule has 1 nitrogen and oxygen atoms in total. The highest BCUT2D eigenvalue weighted by Gasteiger charge is 2.04. The van der Waals surface area contributed by atoms with Crippen LogP contribution in [0.3, 0.4) is 0 Å². The van der Waals surface area contributed by atoms with Crippen molar-refractivity contribution >= 4 is 23.1 Å². The average Bonchev–Trinajstić information content (AvgIpc) is 2.59. The topological polar surface area (TPSA) is 12.4 Å². The fourth-order valence-electron chi connectivity index (χ4n) is 0.825. The second-order valence-electron chi connectivity index (χ2n) is 1.95. The molecular formula is C8H5NS. The third-order valence-electron chi connectivity index (χ3n) is 1.29. The number of rotatable bonds is 1. The van der Waals surface area contributed by atoms with E-state index < -0.39 is 0 Å². The van der Waals surface area contributed by atoms with Gasteiger partial charge in [0.1, 0.15) is 0 Å². The third-order valence-corrected chi connectivity index (χ3v) is 2.19. The predicted molar refractivity (Wildman–Crippen MR) is 44.0 cm³/mol. The van der Waals surface area contributed by atoms with Crippen molar-refractivity contribution in [2.45, 2.75) is 0 Å². The van der Waals surface area contributed by atoms with Crippen molar-refractivity contribution in [2.24, 2.45) is 4.99 Å². The van der Waals surface area contributed by atoms with E-state index in [0.29, 0.717) is 0 Å². The van der Waals surface area contributed by atoms with Gasteiger partial charge in [-0.05, 0) is 17.5 Å². The Morgan fingerprint density at radius 1 is 1.50 bits per heavy atom. The summed E-state index contributed by atoms with van der Waals surface area (Å²) in [6.07, 6.45) is 3.72. The molecule has 10 heavy (non-hydrogen) atoms. The normalized spacial score (nSPS) is 15.8. The average molecular weight is 147 g/mol. The Balaban J connectivity index is 2.30. The Kier molecular flexibility index (Phi) is 1.40. The number of aliphatic imine (C=N–C) groups is 1. The van der Waals surface area contributed by atoms with Crippen molar-refractivity contribution in [3.05, 3.63) is 35.0 Å². The number of allylic oxidation sites excluding steroid dienone is 1. The van der Waals surface area contributed by atoms with Crippen LogP contribution in [0.2, 0.25) is 0 Å². The molecule has 0 fully saturated rings. The van der Waals surface area contributed by atoms with E-state index in [1.807, 2.05) is 12.1 Å². The van der Waals surface area contributed by atoms with E-state index in [0.717, 1.165) is 5.57 Å². The molecule has 2 heterocycles. The molecule has 48 valence electrons. The van der Waals surface area contributed by atoms with Crippen LogP contribution in [0.1, 0.15) is 4.88 Å². The number of hydrogen-bond acceptors (Lipinski definition) is 2. The van der Waals surface area contributed by atoms with E-state index in [1.54, 1.807) is 17.6 Å². The van der Waals surface area contributed by atoms with Gasteiger partial charge in [-0.3, -0.25) is 4.99 Å². The lowest BCUT2D eigenvalue weighted by molar-refractivity contribution is 1.50. The largest absolute Gasteiger partial charge is 0.276 e. The van der Waals surface area contributed by atoms with Crippen molar-refractivity contribution in [3.8, 4) is 0 Å². The first kappa shape index (κ1) is 5.86. The molecule has 0 bridgehead atoms. The Labute approximate surface area is 63.7 Å². The molecule has 2 rings (SSSR count). The highest BCUT2D eigenvalue weighted by molar-refractivity contribution is 7.11. The summed E-state index contributed by atoms with van der Waals surface area (Å²) in [5.74, 6) is 0. The molecule has 0 saturated heterocycles. The zero-order valence-electron chi connectivity index (χ0n) is 5.24. The van der Waals surface area contributed by atoms with Crippen LogP contribution in [0.5, 0.6) is 0 Å². The Morgan fingerprint density at radius 2 is 2.50 bits per heavy atom. The standard InChI is InChI=1S/C8H5NS/c1-2-8(10-5-1)7-3-4-9-6-7/h1-5H. The van der Waals surface area contributed by atoms with Gasteiger partial charge in [-0.1, -0.05) is 6.07 Å². The molecule has 1 aliphatic heterocycles. The van der Waals surface area contributed by atoms with Gasteiger partial charge in [0, 0.05) is 16.7 Å². The van der Waals surface area contributed by atoms with Crippen LogP contribution in [-0.4, -0.2) is 6.21 Å². The van der Waals surface area contributed by atoms with Crippen molar-refractivity contribution in [1.29, 1.82) is 0 Å². The molecule has 0 amide bonds. The second-order valence-corrected chi connectivity index (χ2v) is 2.90. The molecule has 0 aromatic carbocycles. The summed E-state index contributed by atoms with van der Waals surface area (Å²) in [5.41, 5.74) is 1.09. The zero-order valence-corrected chi connectivity index (χ0v) is 6.06. The van der Waals surface area contributed by atoms with E-state index in [9.17, 15) is 0 Å². The number of hydrogen-bond donors (Lipinski definition) is 0. The van der Waals surface area contributed by atoms with Crippen LogP contribution < -0.4 is 0 Å². The molecule has 1 aromatic rings. The maximum absolute atomic E-state index is 3.86. The van der Waals surface area contributed by atoms with Gasteiger partial charge in [-0.2, -0.15) is 0 Å². The number of thiophene rings is 1. The zero-order chi connectivity index (χ0) is 6.81. The summed E-state index contributed by atoms with van der Waals surface area (Å²) in [7, 11) is 0. The van der Waals surface area contributed by atoms with Gasteiger partial charge in [0.2, 0.25) is 0 Å². The molecule has 1 aliphatic rings. The second kappa shape index (κ2) is 2.39. The molecule has 0 spiro atoms. The summed E-state index contributed by atoms with van der Waals surface area (Å²) in [6.45, 7) is 2.90. The molecule has 2 heteroatoms. The smallest absolute Gasteiger partial charge is 0.151 e. The van der Waals surface area contributed by atoms with E-state index in [1.165, 1.54) is 4.88 Å². The lowest BCUT2D eigenvalue weighted by Gasteiger charge is -1.90. The molecule has 2 radical (unpaired) electrons. The summed E-state index contributed by atoms with van der Waals surface area (Å²) < 4.78 is 0. The fourth-order valence-corrected chi connectivity index (χ4v) is 1.53. The monoisotopic (exact) mass is 147 g/mol. The quantitative estimate of drug-likeness (QED) is 0.577. The predicted octanol–water partition coefficient (Wildman–Crippen LogP) is 2.25. The van der Waals surface area contributed by atoms with E-state index >= 15 is 0 Å². The first-order chi connectivity index (χ1) is 4.97. The molecular weight excluding hydrogens is 142 g/mol. The summed E-state index contributed by atoms with van der Waals surface area (Å²) in [4.78, 5) is 5.09. The van der Waals surface area contributed by atoms with Crippen molar-refractivity contribution in [2.75, 3.05) is 0 Å². The maximum atomic E-state index is 3.86. The van der Waals surface area contributed by atoms with Crippen LogP contribution in [0, 0.1) is 6.54 Å². The van der Waals surface area contributed by atoms with Crippen LogP contribution >= 0.6 is 11.3 Å². The minimum atomic E-state index is 1.09. The summed E-state index contributed by atoms with van der Waals surface area (Å²) >= 11 is 1.71. The first-order valence-corrected chi connectivity index (χ1v) is 3.88. The highest BCUT2D eigenvalue weighted by atomic mass is 32.1. The summed E-state index contributed by atoms with van der Waals surface area (Å²) in [5, 5.41) is 2.05. The lowest BCUT2D eigenvalue weighted by atomic mass is 10.2. The molecule has 0 N–H and O–H groups in total. The van der Waals surface area contributed by atoms with Crippen molar-refractivity contribution in [1.82, 2.24) is 0 Å². The van der Waals surface area contributed by atoms with Crippen LogP contribution in [0.15, 0.2) is 28.6 Å². The van der Waals surface area contributed by atoms with Gasteiger partial charge in [-0.25, -0.2) is 0 Å². The molecule has 0 unspecified atom stereocenters. The highest BCUT2D eigenvalue weighted by Crippen LogP contribution is 2.24. The number of nitrogens with zero attached hydrogens (tertiary/aromatic N) is 1. The SMILES string of the molecule is [C]1N=CC=C1c1cccs1.